The third-order valence-electron chi connectivity index (χ3n) is 2.85. The monoisotopic (exact) mass is 193 g/mol. The van der Waals surface area contributed by atoms with Crippen molar-refractivity contribution in [2.45, 2.75) is 32.6 Å². The first-order chi connectivity index (χ1) is 6.77. The number of hydrogen-bond acceptors (Lipinski definition) is 2. The number of rotatable bonds is 3. The molecular formula is C11H19N3. The molecule has 0 spiro atoms. The molecule has 78 valence electrons. The molecule has 1 aliphatic heterocycles. The number of H-pyrrole nitrogens is 1. The van der Waals surface area contributed by atoms with Crippen molar-refractivity contribution in [2.75, 3.05) is 13.1 Å². The van der Waals surface area contributed by atoms with Crippen LogP contribution in [0, 0.1) is 5.92 Å². The van der Waals surface area contributed by atoms with Gasteiger partial charge in [0, 0.05) is 18.2 Å². The number of aromatic nitrogens is 2. The molecule has 1 aliphatic rings. The maximum absolute atomic E-state index is 4.17. The van der Waals surface area contributed by atoms with Gasteiger partial charge in [-0.1, -0.05) is 13.8 Å². The van der Waals surface area contributed by atoms with Gasteiger partial charge in [-0.2, -0.15) is 5.10 Å². The Balaban J connectivity index is 2.12. The van der Waals surface area contributed by atoms with E-state index in [0.29, 0.717) is 11.8 Å². The fourth-order valence-electron chi connectivity index (χ4n) is 2.18. The Labute approximate surface area is 85.3 Å². The Morgan fingerprint density at radius 2 is 2.43 bits per heavy atom. The van der Waals surface area contributed by atoms with Crippen LogP contribution in [0.15, 0.2) is 6.20 Å². The number of nitrogens with one attached hydrogen (secondary N) is 2. The van der Waals surface area contributed by atoms with E-state index >= 15 is 0 Å². The van der Waals surface area contributed by atoms with Gasteiger partial charge in [0.2, 0.25) is 0 Å². The highest BCUT2D eigenvalue weighted by molar-refractivity contribution is 5.22. The topological polar surface area (TPSA) is 40.7 Å². The zero-order valence-electron chi connectivity index (χ0n) is 9.01. The maximum atomic E-state index is 4.17. The summed E-state index contributed by atoms with van der Waals surface area (Å²) in [6.07, 6.45) is 4.38. The largest absolute Gasteiger partial charge is 0.316 e. The van der Waals surface area contributed by atoms with Gasteiger partial charge in [-0.25, -0.2) is 0 Å². The van der Waals surface area contributed by atoms with Gasteiger partial charge >= 0.3 is 0 Å². The second-order valence-corrected chi connectivity index (χ2v) is 4.60. The van der Waals surface area contributed by atoms with Crippen LogP contribution in [0.3, 0.4) is 0 Å². The van der Waals surface area contributed by atoms with Crippen LogP contribution in [-0.2, 0) is 6.42 Å². The SMILES string of the molecule is CC(C)Cc1cn[nH]c1C1CCNC1. The van der Waals surface area contributed by atoms with E-state index in [1.807, 2.05) is 6.20 Å². The summed E-state index contributed by atoms with van der Waals surface area (Å²) in [5, 5.41) is 10.7. The summed E-state index contributed by atoms with van der Waals surface area (Å²) in [6.45, 7) is 6.76. The standard InChI is InChI=1S/C11H19N3/c1-8(2)5-10-7-13-14-11(10)9-3-4-12-6-9/h7-9,12H,3-6H2,1-2H3,(H,13,14). The lowest BCUT2D eigenvalue weighted by molar-refractivity contribution is 0.631. The van der Waals surface area contributed by atoms with E-state index in [2.05, 4.69) is 29.4 Å². The van der Waals surface area contributed by atoms with Crippen LogP contribution >= 0.6 is 0 Å². The molecule has 3 heteroatoms. The van der Waals surface area contributed by atoms with Gasteiger partial charge in [-0.15, -0.1) is 0 Å². The van der Waals surface area contributed by atoms with E-state index in [-0.39, 0.29) is 0 Å². The molecule has 3 nitrogen and oxygen atoms in total. The van der Waals surface area contributed by atoms with Crippen molar-refractivity contribution in [3.05, 3.63) is 17.5 Å². The first-order valence-corrected chi connectivity index (χ1v) is 5.50. The molecule has 0 aromatic carbocycles. The molecule has 1 fully saturated rings. The third kappa shape index (κ3) is 1.98. The van der Waals surface area contributed by atoms with Gasteiger partial charge in [-0.3, -0.25) is 5.10 Å². The molecule has 2 heterocycles. The maximum Gasteiger partial charge on any atom is 0.0522 e. The van der Waals surface area contributed by atoms with Crippen molar-refractivity contribution < 1.29 is 0 Å². The van der Waals surface area contributed by atoms with Gasteiger partial charge in [0.1, 0.15) is 0 Å². The average Bonchev–Trinajstić information content (AvgIpc) is 2.70. The molecule has 0 saturated carbocycles. The predicted molar refractivity (Wildman–Crippen MR) is 57.4 cm³/mol. The summed E-state index contributed by atoms with van der Waals surface area (Å²) in [4.78, 5) is 0. The Bertz CT molecular complexity index is 284. The van der Waals surface area contributed by atoms with Gasteiger partial charge in [-0.05, 0) is 30.9 Å². The molecule has 0 radical (unpaired) electrons. The van der Waals surface area contributed by atoms with Crippen LogP contribution in [0.25, 0.3) is 0 Å². The van der Waals surface area contributed by atoms with Crippen molar-refractivity contribution in [2.24, 2.45) is 5.92 Å². The Morgan fingerprint density at radius 1 is 1.57 bits per heavy atom. The molecule has 14 heavy (non-hydrogen) atoms. The molecule has 2 rings (SSSR count). The summed E-state index contributed by atoms with van der Waals surface area (Å²) >= 11 is 0. The molecular weight excluding hydrogens is 174 g/mol. The van der Waals surface area contributed by atoms with Gasteiger partial charge in [0.05, 0.1) is 6.20 Å². The van der Waals surface area contributed by atoms with Gasteiger partial charge in [0.25, 0.3) is 0 Å². The molecule has 1 aromatic rings. The lowest BCUT2D eigenvalue weighted by atomic mass is 9.96. The zero-order valence-corrected chi connectivity index (χ0v) is 9.01. The van der Waals surface area contributed by atoms with Crippen LogP contribution in [-0.4, -0.2) is 23.3 Å². The number of nitrogens with zero attached hydrogens (tertiary/aromatic N) is 1. The average molecular weight is 193 g/mol. The first kappa shape index (κ1) is 9.71. The summed E-state index contributed by atoms with van der Waals surface area (Å²) in [7, 11) is 0. The lowest BCUT2D eigenvalue weighted by Gasteiger charge is -2.10. The zero-order chi connectivity index (χ0) is 9.97. The minimum Gasteiger partial charge on any atom is -0.316 e. The Hall–Kier alpha value is -0.830. The molecule has 1 saturated heterocycles. The fraction of sp³-hybridized carbons (Fsp3) is 0.727. The number of hydrogen-bond donors (Lipinski definition) is 2. The van der Waals surface area contributed by atoms with Crippen molar-refractivity contribution in [3.63, 3.8) is 0 Å². The van der Waals surface area contributed by atoms with Crippen LogP contribution < -0.4 is 5.32 Å². The summed E-state index contributed by atoms with van der Waals surface area (Å²) < 4.78 is 0. The molecule has 1 unspecified atom stereocenters. The third-order valence-corrected chi connectivity index (χ3v) is 2.85. The molecule has 0 bridgehead atoms. The minimum absolute atomic E-state index is 0.659. The van der Waals surface area contributed by atoms with E-state index in [4.69, 9.17) is 0 Å². The normalized spacial score (nSPS) is 22.1. The van der Waals surface area contributed by atoms with Gasteiger partial charge in [0.15, 0.2) is 0 Å². The molecule has 1 atom stereocenters. The van der Waals surface area contributed by atoms with Crippen LogP contribution in [0.1, 0.15) is 37.4 Å². The number of aromatic amines is 1. The van der Waals surface area contributed by atoms with Crippen molar-refractivity contribution in [1.29, 1.82) is 0 Å². The molecule has 0 aliphatic carbocycles. The molecule has 0 amide bonds. The second kappa shape index (κ2) is 4.13. The first-order valence-electron chi connectivity index (χ1n) is 5.50. The predicted octanol–water partition coefficient (Wildman–Crippen LogP) is 1.69. The summed E-state index contributed by atoms with van der Waals surface area (Å²) in [6, 6.07) is 0. The Morgan fingerprint density at radius 3 is 3.07 bits per heavy atom. The highest BCUT2D eigenvalue weighted by Gasteiger charge is 2.21. The minimum atomic E-state index is 0.659. The van der Waals surface area contributed by atoms with Crippen molar-refractivity contribution in [1.82, 2.24) is 15.5 Å². The molecule has 2 N–H and O–H groups in total. The highest BCUT2D eigenvalue weighted by Crippen LogP contribution is 2.24. The second-order valence-electron chi connectivity index (χ2n) is 4.60. The summed E-state index contributed by atoms with van der Waals surface area (Å²) in [5.41, 5.74) is 2.78. The van der Waals surface area contributed by atoms with Crippen LogP contribution in [0.2, 0.25) is 0 Å². The molecule has 1 aromatic heterocycles. The van der Waals surface area contributed by atoms with E-state index in [1.54, 1.807) is 0 Å². The fourth-order valence-corrected chi connectivity index (χ4v) is 2.18. The Kier molecular flexibility index (Phi) is 2.87. The van der Waals surface area contributed by atoms with Crippen LogP contribution in [0.4, 0.5) is 0 Å². The quantitative estimate of drug-likeness (QED) is 0.767. The van der Waals surface area contributed by atoms with E-state index < -0.39 is 0 Å². The summed E-state index contributed by atoms with van der Waals surface area (Å²) in [5.74, 6) is 1.37. The van der Waals surface area contributed by atoms with E-state index in [9.17, 15) is 0 Å². The van der Waals surface area contributed by atoms with Crippen molar-refractivity contribution in [3.8, 4) is 0 Å². The van der Waals surface area contributed by atoms with Gasteiger partial charge < -0.3 is 5.32 Å². The highest BCUT2D eigenvalue weighted by atomic mass is 15.1. The van der Waals surface area contributed by atoms with Crippen LogP contribution in [0.5, 0.6) is 0 Å². The van der Waals surface area contributed by atoms with Crippen molar-refractivity contribution >= 4 is 0 Å². The van der Waals surface area contributed by atoms with E-state index in [1.165, 1.54) is 17.7 Å². The smallest absolute Gasteiger partial charge is 0.0522 e. The van der Waals surface area contributed by atoms with E-state index in [0.717, 1.165) is 19.5 Å². The lowest BCUT2D eigenvalue weighted by Crippen LogP contribution is -2.09.